The van der Waals surface area contributed by atoms with E-state index in [-0.39, 0.29) is 0 Å². The SMILES string of the molecule is C=C(C)c1ccc2c(c1O)CC2. The fourth-order valence-electron chi connectivity index (χ4n) is 1.62. The van der Waals surface area contributed by atoms with Crippen LogP contribution in [-0.4, -0.2) is 5.11 Å². The van der Waals surface area contributed by atoms with Crippen molar-refractivity contribution in [3.8, 4) is 5.75 Å². The molecule has 1 aliphatic carbocycles. The highest BCUT2D eigenvalue weighted by Gasteiger charge is 2.19. The molecule has 1 aromatic carbocycles. The summed E-state index contributed by atoms with van der Waals surface area (Å²) in [6.07, 6.45) is 2.13. The van der Waals surface area contributed by atoms with Gasteiger partial charge in [-0.1, -0.05) is 18.7 Å². The zero-order valence-electron chi connectivity index (χ0n) is 7.22. The van der Waals surface area contributed by atoms with Crippen molar-refractivity contribution in [2.75, 3.05) is 0 Å². The molecule has 1 aromatic rings. The van der Waals surface area contributed by atoms with Crippen molar-refractivity contribution < 1.29 is 5.11 Å². The normalized spacial score (nSPS) is 13.4. The van der Waals surface area contributed by atoms with Crippen LogP contribution in [0.15, 0.2) is 18.7 Å². The van der Waals surface area contributed by atoms with Gasteiger partial charge in [0, 0.05) is 5.56 Å². The van der Waals surface area contributed by atoms with Gasteiger partial charge in [0.15, 0.2) is 0 Å². The van der Waals surface area contributed by atoms with Gasteiger partial charge < -0.3 is 5.11 Å². The number of hydrogen-bond donors (Lipinski definition) is 1. The smallest absolute Gasteiger partial charge is 0.126 e. The molecule has 0 radical (unpaired) electrons. The number of benzene rings is 1. The van der Waals surface area contributed by atoms with Crippen LogP contribution in [0.4, 0.5) is 0 Å². The maximum absolute atomic E-state index is 9.74. The van der Waals surface area contributed by atoms with Crippen molar-refractivity contribution in [3.05, 3.63) is 35.4 Å². The fourth-order valence-corrected chi connectivity index (χ4v) is 1.62. The Morgan fingerprint density at radius 2 is 2.17 bits per heavy atom. The van der Waals surface area contributed by atoms with Gasteiger partial charge in [-0.15, -0.1) is 0 Å². The standard InChI is InChI=1S/C11H12O/c1-7(2)9-5-3-8-4-6-10(8)11(9)12/h3,5,12H,1,4,6H2,2H3. The summed E-state index contributed by atoms with van der Waals surface area (Å²) in [5.41, 5.74) is 4.24. The van der Waals surface area contributed by atoms with E-state index in [1.165, 1.54) is 5.56 Å². The van der Waals surface area contributed by atoms with Gasteiger partial charge in [0.05, 0.1) is 0 Å². The second-order valence-corrected chi connectivity index (χ2v) is 3.38. The molecule has 1 heteroatoms. The van der Waals surface area contributed by atoms with Gasteiger partial charge >= 0.3 is 0 Å². The van der Waals surface area contributed by atoms with E-state index < -0.39 is 0 Å². The van der Waals surface area contributed by atoms with Crippen molar-refractivity contribution in [1.29, 1.82) is 0 Å². The summed E-state index contributed by atoms with van der Waals surface area (Å²) >= 11 is 0. The molecular formula is C11H12O. The lowest BCUT2D eigenvalue weighted by molar-refractivity contribution is 0.460. The molecule has 2 rings (SSSR count). The van der Waals surface area contributed by atoms with Crippen LogP contribution in [0.1, 0.15) is 23.6 Å². The second kappa shape index (κ2) is 2.37. The molecule has 1 N–H and O–H groups in total. The Kier molecular flexibility index (Phi) is 1.47. The van der Waals surface area contributed by atoms with E-state index in [2.05, 4.69) is 12.6 Å². The van der Waals surface area contributed by atoms with Crippen LogP contribution in [0.5, 0.6) is 5.75 Å². The summed E-state index contributed by atoms with van der Waals surface area (Å²) in [5.74, 6) is 0.450. The predicted molar refractivity (Wildman–Crippen MR) is 50.2 cm³/mol. The third-order valence-corrected chi connectivity index (χ3v) is 2.48. The number of aromatic hydroxyl groups is 1. The number of phenolic OH excluding ortho intramolecular Hbond substituents is 1. The van der Waals surface area contributed by atoms with Crippen LogP contribution >= 0.6 is 0 Å². The largest absolute Gasteiger partial charge is 0.507 e. The number of aryl methyl sites for hydroxylation is 1. The summed E-state index contributed by atoms with van der Waals surface area (Å²) < 4.78 is 0. The molecule has 0 fully saturated rings. The van der Waals surface area contributed by atoms with Gasteiger partial charge in [-0.05, 0) is 36.5 Å². The van der Waals surface area contributed by atoms with Crippen molar-refractivity contribution in [2.45, 2.75) is 19.8 Å². The van der Waals surface area contributed by atoms with E-state index in [4.69, 9.17) is 0 Å². The Labute approximate surface area is 72.4 Å². The van der Waals surface area contributed by atoms with Gasteiger partial charge in [0.1, 0.15) is 5.75 Å². The quantitative estimate of drug-likeness (QED) is 0.669. The number of fused-ring (bicyclic) bond motifs is 1. The van der Waals surface area contributed by atoms with Gasteiger partial charge in [0.2, 0.25) is 0 Å². The zero-order valence-corrected chi connectivity index (χ0v) is 7.22. The second-order valence-electron chi connectivity index (χ2n) is 3.38. The Bertz CT molecular complexity index is 350. The third-order valence-electron chi connectivity index (χ3n) is 2.48. The van der Waals surface area contributed by atoms with E-state index in [9.17, 15) is 5.11 Å². The van der Waals surface area contributed by atoms with Crippen molar-refractivity contribution in [1.82, 2.24) is 0 Å². The molecule has 0 heterocycles. The molecule has 0 saturated carbocycles. The highest BCUT2D eigenvalue weighted by molar-refractivity contribution is 5.70. The molecular weight excluding hydrogens is 148 g/mol. The summed E-state index contributed by atoms with van der Waals surface area (Å²) in [6, 6.07) is 4.04. The average molecular weight is 160 g/mol. The van der Waals surface area contributed by atoms with Crippen LogP contribution in [0, 0.1) is 0 Å². The van der Waals surface area contributed by atoms with Crippen LogP contribution in [0.3, 0.4) is 0 Å². The summed E-state index contributed by atoms with van der Waals surface area (Å²) in [5, 5.41) is 9.74. The molecule has 0 atom stereocenters. The molecule has 0 aromatic heterocycles. The van der Waals surface area contributed by atoms with E-state index in [0.29, 0.717) is 5.75 Å². The molecule has 0 spiro atoms. The fraction of sp³-hybridized carbons (Fsp3) is 0.273. The number of phenols is 1. The highest BCUT2D eigenvalue weighted by atomic mass is 16.3. The first-order valence-electron chi connectivity index (χ1n) is 4.19. The number of rotatable bonds is 1. The van der Waals surface area contributed by atoms with Crippen molar-refractivity contribution in [3.63, 3.8) is 0 Å². The Morgan fingerprint density at radius 1 is 1.42 bits per heavy atom. The van der Waals surface area contributed by atoms with E-state index >= 15 is 0 Å². The molecule has 0 aliphatic heterocycles. The van der Waals surface area contributed by atoms with Gasteiger partial charge in [-0.3, -0.25) is 0 Å². The van der Waals surface area contributed by atoms with Crippen molar-refractivity contribution >= 4 is 5.57 Å². The van der Waals surface area contributed by atoms with E-state index in [0.717, 1.165) is 29.5 Å². The molecule has 12 heavy (non-hydrogen) atoms. The molecule has 0 saturated heterocycles. The van der Waals surface area contributed by atoms with Crippen LogP contribution in [0.2, 0.25) is 0 Å². The third kappa shape index (κ3) is 0.860. The van der Waals surface area contributed by atoms with Crippen molar-refractivity contribution in [2.24, 2.45) is 0 Å². The maximum Gasteiger partial charge on any atom is 0.126 e. The zero-order chi connectivity index (χ0) is 8.72. The molecule has 0 amide bonds. The first-order valence-corrected chi connectivity index (χ1v) is 4.19. The molecule has 0 bridgehead atoms. The Hall–Kier alpha value is -1.24. The first kappa shape index (κ1) is 7.41. The lowest BCUT2D eigenvalue weighted by atomic mass is 9.85. The lowest BCUT2D eigenvalue weighted by Gasteiger charge is -2.21. The summed E-state index contributed by atoms with van der Waals surface area (Å²) in [6.45, 7) is 5.74. The predicted octanol–water partition coefficient (Wildman–Crippen LogP) is 2.52. The molecule has 0 unspecified atom stereocenters. The maximum atomic E-state index is 9.74. The Balaban J connectivity index is 2.59. The number of hydrogen-bond acceptors (Lipinski definition) is 1. The Morgan fingerprint density at radius 3 is 2.67 bits per heavy atom. The minimum atomic E-state index is 0.450. The van der Waals surface area contributed by atoms with E-state index in [1.54, 1.807) is 0 Å². The minimum Gasteiger partial charge on any atom is -0.507 e. The van der Waals surface area contributed by atoms with Crippen LogP contribution in [0.25, 0.3) is 5.57 Å². The minimum absolute atomic E-state index is 0.450. The van der Waals surface area contributed by atoms with Gasteiger partial charge in [-0.2, -0.15) is 0 Å². The molecule has 62 valence electrons. The molecule has 1 aliphatic rings. The molecule has 1 nitrogen and oxygen atoms in total. The topological polar surface area (TPSA) is 20.2 Å². The lowest BCUT2D eigenvalue weighted by Crippen LogP contribution is -2.08. The van der Waals surface area contributed by atoms with Crippen LogP contribution in [-0.2, 0) is 12.8 Å². The summed E-state index contributed by atoms with van der Waals surface area (Å²) in [4.78, 5) is 0. The highest BCUT2D eigenvalue weighted by Crippen LogP contribution is 2.36. The van der Waals surface area contributed by atoms with Gasteiger partial charge in [-0.25, -0.2) is 0 Å². The average Bonchev–Trinajstić information content (AvgIpc) is 1.92. The monoisotopic (exact) mass is 160 g/mol. The van der Waals surface area contributed by atoms with E-state index in [1.807, 2.05) is 13.0 Å². The van der Waals surface area contributed by atoms with Crippen LogP contribution < -0.4 is 0 Å². The summed E-state index contributed by atoms with van der Waals surface area (Å²) in [7, 11) is 0. The first-order chi connectivity index (χ1) is 5.70. The number of allylic oxidation sites excluding steroid dienone is 1. The van der Waals surface area contributed by atoms with Gasteiger partial charge in [0.25, 0.3) is 0 Å².